The minimum absolute atomic E-state index is 0.0432. The molecule has 0 spiro atoms. The molecule has 0 bridgehead atoms. The fourth-order valence-electron chi connectivity index (χ4n) is 6.01. The number of imidazole rings is 1. The van der Waals surface area contributed by atoms with E-state index in [2.05, 4.69) is 21.9 Å². The van der Waals surface area contributed by atoms with Crippen molar-refractivity contribution in [1.29, 1.82) is 0 Å². The van der Waals surface area contributed by atoms with Gasteiger partial charge in [-0.25, -0.2) is 14.2 Å². The van der Waals surface area contributed by atoms with Gasteiger partial charge in [0.05, 0.1) is 35.8 Å². The SMILES string of the molecule is [2H]CO[C@H]1CC[C@H](n2c([C@@H]3CCOC(=O)N3c3ccc(F)c(Cl)c3)nc3cc(-c4c(C)noc4C)ccc32)CC1. The Balaban J connectivity index is 1.48. The van der Waals surface area contributed by atoms with Crippen molar-refractivity contribution in [1.82, 2.24) is 14.7 Å². The summed E-state index contributed by atoms with van der Waals surface area (Å²) < 4.78 is 40.1. The lowest BCUT2D eigenvalue weighted by molar-refractivity contribution is 0.0582. The van der Waals surface area contributed by atoms with Gasteiger partial charge in [0.1, 0.15) is 23.4 Å². The van der Waals surface area contributed by atoms with Crippen molar-refractivity contribution >= 4 is 34.4 Å². The van der Waals surface area contributed by atoms with Crippen LogP contribution >= 0.6 is 11.6 Å². The smallest absolute Gasteiger partial charge is 0.414 e. The van der Waals surface area contributed by atoms with Crippen LogP contribution < -0.4 is 4.90 Å². The van der Waals surface area contributed by atoms with Crippen LogP contribution in [0.15, 0.2) is 40.9 Å². The Kier molecular flexibility index (Phi) is 6.48. The summed E-state index contributed by atoms with van der Waals surface area (Å²) in [5, 5.41) is 4.04. The van der Waals surface area contributed by atoms with Gasteiger partial charge in [-0.15, -0.1) is 0 Å². The molecular formula is C29H30ClFN4O4. The largest absolute Gasteiger partial charge is 0.449 e. The van der Waals surface area contributed by atoms with Crippen LogP contribution in [0, 0.1) is 19.7 Å². The number of benzene rings is 2. The summed E-state index contributed by atoms with van der Waals surface area (Å²) in [6, 6.07) is 10.1. The third-order valence-electron chi connectivity index (χ3n) is 7.89. The lowest BCUT2D eigenvalue weighted by atomic mass is 9.92. The third kappa shape index (κ3) is 4.57. The first-order valence-corrected chi connectivity index (χ1v) is 13.5. The molecule has 2 aromatic carbocycles. The van der Waals surface area contributed by atoms with E-state index in [1.54, 1.807) is 0 Å². The number of aromatic nitrogens is 3. The molecule has 1 saturated heterocycles. The maximum atomic E-state index is 14.0. The number of cyclic esters (lactones) is 1. The number of hydrogen-bond acceptors (Lipinski definition) is 6. The van der Waals surface area contributed by atoms with Gasteiger partial charge in [0.25, 0.3) is 0 Å². The average Bonchev–Trinajstić information content (AvgIpc) is 3.49. The number of anilines is 1. The predicted octanol–water partition coefficient (Wildman–Crippen LogP) is 7.32. The standard InChI is InChI=1S/C29H30ClFN4O4/c1-16-27(17(2)39-33-16)18-4-11-25-24(14-18)32-28(34(25)19-5-8-21(37-3)9-6-19)26-12-13-38-29(36)35(26)20-7-10-23(31)22(30)15-20/h4,7,10-11,14-15,19,21,26H,5-6,8-9,12-13H2,1-3H3/t19-,21-,26-/m0/s1/i3D. The fourth-order valence-corrected chi connectivity index (χ4v) is 6.18. The summed E-state index contributed by atoms with van der Waals surface area (Å²) in [5.41, 5.74) is 4.91. The van der Waals surface area contributed by atoms with Gasteiger partial charge in [-0.1, -0.05) is 22.8 Å². The predicted molar refractivity (Wildman–Crippen MR) is 146 cm³/mol. The summed E-state index contributed by atoms with van der Waals surface area (Å²) in [5.74, 6) is 0.921. The first-order valence-electron chi connectivity index (χ1n) is 13.8. The van der Waals surface area contributed by atoms with Crippen LogP contribution in [-0.2, 0) is 9.47 Å². The van der Waals surface area contributed by atoms with Crippen molar-refractivity contribution < 1.29 is 24.6 Å². The zero-order valence-electron chi connectivity index (χ0n) is 22.8. The lowest BCUT2D eigenvalue weighted by Crippen LogP contribution is -2.42. The number of fused-ring (bicyclic) bond motifs is 1. The van der Waals surface area contributed by atoms with Gasteiger partial charge in [-0.3, -0.25) is 4.90 Å². The van der Waals surface area contributed by atoms with E-state index in [0.717, 1.165) is 65.1 Å². The molecule has 204 valence electrons. The fraction of sp³-hybridized carbons (Fsp3) is 0.414. The van der Waals surface area contributed by atoms with E-state index in [9.17, 15) is 9.18 Å². The van der Waals surface area contributed by atoms with Crippen molar-refractivity contribution in [2.24, 2.45) is 0 Å². The molecule has 0 N–H and O–H groups in total. The van der Waals surface area contributed by atoms with Crippen molar-refractivity contribution in [3.63, 3.8) is 0 Å². The quantitative estimate of drug-likeness (QED) is 0.257. The van der Waals surface area contributed by atoms with Crippen molar-refractivity contribution in [2.75, 3.05) is 18.6 Å². The van der Waals surface area contributed by atoms with Crippen LogP contribution in [-0.4, -0.2) is 40.6 Å². The number of aryl methyl sites for hydroxylation is 2. The molecule has 0 radical (unpaired) electrons. The molecule has 10 heteroatoms. The van der Waals surface area contributed by atoms with E-state index in [1.807, 2.05) is 19.9 Å². The first-order chi connectivity index (χ1) is 19.4. The molecule has 4 aromatic rings. The zero-order chi connectivity index (χ0) is 28.0. The van der Waals surface area contributed by atoms with Crippen LogP contribution in [0.1, 0.15) is 62.8 Å². The molecule has 1 atom stereocenters. The lowest BCUT2D eigenvalue weighted by Gasteiger charge is -2.37. The minimum Gasteiger partial charge on any atom is -0.449 e. The number of carbonyl (C=O) groups excluding carboxylic acids is 1. The Bertz CT molecular complexity index is 1550. The number of hydrogen-bond donors (Lipinski definition) is 0. The maximum absolute atomic E-state index is 14.0. The number of ether oxygens (including phenoxy) is 2. The van der Waals surface area contributed by atoms with Gasteiger partial charge < -0.3 is 18.6 Å². The summed E-state index contributed by atoms with van der Waals surface area (Å²) in [4.78, 5) is 19.8. The van der Waals surface area contributed by atoms with Gasteiger partial charge in [0.2, 0.25) is 0 Å². The van der Waals surface area contributed by atoms with Gasteiger partial charge in [-0.2, -0.15) is 0 Å². The highest BCUT2D eigenvalue weighted by atomic mass is 35.5. The molecule has 39 heavy (non-hydrogen) atoms. The van der Waals surface area contributed by atoms with E-state index in [1.165, 1.54) is 23.1 Å². The molecule has 2 aromatic heterocycles. The summed E-state index contributed by atoms with van der Waals surface area (Å²) in [6.07, 6.45) is 3.44. The van der Waals surface area contributed by atoms with Crippen LogP contribution in [0.3, 0.4) is 0 Å². The molecule has 1 aliphatic carbocycles. The third-order valence-corrected chi connectivity index (χ3v) is 8.18. The van der Waals surface area contributed by atoms with E-state index in [4.69, 9.17) is 32.0 Å². The molecule has 2 aliphatic rings. The Labute approximate surface area is 232 Å². The van der Waals surface area contributed by atoms with Crippen molar-refractivity contribution in [2.45, 2.75) is 64.1 Å². The second kappa shape index (κ2) is 10.3. The topological polar surface area (TPSA) is 82.6 Å². The van der Waals surface area contributed by atoms with Gasteiger partial charge in [0.15, 0.2) is 0 Å². The second-order valence-electron chi connectivity index (χ2n) is 10.2. The van der Waals surface area contributed by atoms with E-state index >= 15 is 0 Å². The highest BCUT2D eigenvalue weighted by molar-refractivity contribution is 6.31. The van der Waals surface area contributed by atoms with Crippen molar-refractivity contribution in [3.05, 3.63) is 64.5 Å². The summed E-state index contributed by atoms with van der Waals surface area (Å²) in [6.45, 7) is 4.05. The number of halogens is 2. The number of rotatable bonds is 5. The zero-order valence-corrected chi connectivity index (χ0v) is 22.6. The molecule has 6 rings (SSSR count). The number of methoxy groups -OCH3 is 1. The van der Waals surface area contributed by atoms with Crippen LogP contribution in [0.25, 0.3) is 22.2 Å². The highest BCUT2D eigenvalue weighted by Crippen LogP contribution is 2.41. The molecule has 1 saturated carbocycles. The van der Waals surface area contributed by atoms with E-state index in [-0.39, 0.29) is 30.9 Å². The molecule has 8 nitrogen and oxygen atoms in total. The Morgan fingerprint density at radius 2 is 1.95 bits per heavy atom. The molecular weight excluding hydrogens is 523 g/mol. The molecule has 0 unspecified atom stereocenters. The van der Waals surface area contributed by atoms with Crippen LogP contribution in [0.2, 0.25) is 5.02 Å². The molecule has 2 fully saturated rings. The van der Waals surface area contributed by atoms with Gasteiger partial charge >= 0.3 is 6.09 Å². The molecule has 1 amide bonds. The number of amides is 1. The Hall–Kier alpha value is -3.43. The summed E-state index contributed by atoms with van der Waals surface area (Å²) >= 11 is 6.11. The van der Waals surface area contributed by atoms with E-state index < -0.39 is 18.0 Å². The number of carbonyl (C=O) groups is 1. The Morgan fingerprint density at radius 1 is 1.13 bits per heavy atom. The second-order valence-corrected chi connectivity index (χ2v) is 10.6. The summed E-state index contributed by atoms with van der Waals surface area (Å²) in [7, 11) is -0.0432. The van der Waals surface area contributed by atoms with Crippen LogP contribution in [0.5, 0.6) is 0 Å². The van der Waals surface area contributed by atoms with Crippen molar-refractivity contribution in [3.8, 4) is 11.1 Å². The number of nitrogens with zero attached hydrogens (tertiary/aromatic N) is 4. The van der Waals surface area contributed by atoms with E-state index in [0.29, 0.717) is 12.1 Å². The molecule has 1 aliphatic heterocycles. The normalized spacial score (nSPS) is 22.3. The van der Waals surface area contributed by atoms with Crippen LogP contribution in [0.4, 0.5) is 14.9 Å². The van der Waals surface area contributed by atoms with Gasteiger partial charge in [-0.05, 0) is 75.4 Å². The maximum Gasteiger partial charge on any atom is 0.414 e. The Morgan fingerprint density at radius 3 is 2.67 bits per heavy atom. The van der Waals surface area contributed by atoms with Gasteiger partial charge in [0, 0.05) is 30.8 Å². The first kappa shape index (κ1) is 24.6. The highest BCUT2D eigenvalue weighted by Gasteiger charge is 2.38. The molecule has 3 heterocycles. The monoisotopic (exact) mass is 553 g/mol. The average molecular weight is 554 g/mol. The minimum atomic E-state index is -0.557.